The van der Waals surface area contributed by atoms with Crippen LogP contribution in [0.15, 0.2) is 41.0 Å². The van der Waals surface area contributed by atoms with Crippen molar-refractivity contribution in [3.8, 4) is 0 Å². The zero-order valence-electron chi connectivity index (χ0n) is 7.79. The van der Waals surface area contributed by atoms with E-state index in [-0.39, 0.29) is 6.10 Å². The molecule has 2 rings (SSSR count). The van der Waals surface area contributed by atoms with Gasteiger partial charge in [0.05, 0.1) is 6.61 Å². The normalized spacial score (nSPS) is 21.8. The molecule has 1 heterocycles. The molecule has 1 aliphatic rings. The minimum Gasteiger partial charge on any atom is -0.384 e. The second-order valence-electron chi connectivity index (χ2n) is 3.34. The average Bonchev–Trinajstić information content (AvgIpc) is 2.21. The Labute approximate surface area is 92.1 Å². The van der Waals surface area contributed by atoms with Gasteiger partial charge in [0.1, 0.15) is 6.10 Å². The van der Waals surface area contributed by atoms with Crippen molar-refractivity contribution < 1.29 is 4.74 Å². The molecule has 0 spiro atoms. The third-order valence-electron chi connectivity index (χ3n) is 2.24. The van der Waals surface area contributed by atoms with Crippen molar-refractivity contribution in [1.82, 2.24) is 5.32 Å². The lowest BCUT2D eigenvalue weighted by atomic mass is 10.1. The lowest BCUT2D eigenvalue weighted by molar-refractivity contribution is 0.0467. The monoisotopic (exact) mass is 253 g/mol. The summed E-state index contributed by atoms with van der Waals surface area (Å²) in [5.74, 6) is 0. The number of ether oxygens (including phenoxy) is 1. The van der Waals surface area contributed by atoms with E-state index in [9.17, 15) is 0 Å². The fourth-order valence-corrected chi connectivity index (χ4v) is 1.70. The summed E-state index contributed by atoms with van der Waals surface area (Å²) in [7, 11) is 0. The SMILES string of the molecule is C=C1COC(c2ccc(Br)cc2)CN1. The van der Waals surface area contributed by atoms with Gasteiger partial charge in [0.15, 0.2) is 0 Å². The van der Waals surface area contributed by atoms with Gasteiger partial charge in [-0.1, -0.05) is 34.6 Å². The van der Waals surface area contributed by atoms with Crippen LogP contribution in [0.4, 0.5) is 0 Å². The average molecular weight is 254 g/mol. The van der Waals surface area contributed by atoms with Gasteiger partial charge in [-0.2, -0.15) is 0 Å². The summed E-state index contributed by atoms with van der Waals surface area (Å²) in [6.07, 6.45) is 0.147. The summed E-state index contributed by atoms with van der Waals surface area (Å²) in [5, 5.41) is 3.21. The Kier molecular flexibility index (Phi) is 2.89. The quantitative estimate of drug-likeness (QED) is 0.831. The maximum absolute atomic E-state index is 5.64. The predicted molar refractivity (Wildman–Crippen MR) is 60.0 cm³/mol. The number of morpholine rings is 1. The lowest BCUT2D eigenvalue weighted by Gasteiger charge is -2.26. The molecular formula is C11H12BrNO. The highest BCUT2D eigenvalue weighted by molar-refractivity contribution is 9.10. The van der Waals surface area contributed by atoms with Crippen LogP contribution >= 0.6 is 15.9 Å². The van der Waals surface area contributed by atoms with Crippen molar-refractivity contribution in [2.24, 2.45) is 0 Å². The van der Waals surface area contributed by atoms with E-state index in [1.807, 2.05) is 12.1 Å². The molecule has 14 heavy (non-hydrogen) atoms. The Morgan fingerprint density at radius 2 is 2.07 bits per heavy atom. The van der Waals surface area contributed by atoms with Gasteiger partial charge in [-0.15, -0.1) is 0 Å². The molecule has 74 valence electrons. The minimum atomic E-state index is 0.147. The predicted octanol–water partition coefficient (Wildman–Crippen LogP) is 2.62. The van der Waals surface area contributed by atoms with Gasteiger partial charge in [0, 0.05) is 16.7 Å². The molecule has 2 nitrogen and oxygen atoms in total. The highest BCUT2D eigenvalue weighted by atomic mass is 79.9. The van der Waals surface area contributed by atoms with Gasteiger partial charge in [-0.3, -0.25) is 0 Å². The van der Waals surface area contributed by atoms with Crippen LogP contribution in [0.1, 0.15) is 11.7 Å². The molecule has 0 saturated carbocycles. The molecule has 0 aromatic heterocycles. The van der Waals surface area contributed by atoms with Crippen LogP contribution < -0.4 is 5.32 Å². The van der Waals surface area contributed by atoms with Crippen LogP contribution in [0, 0.1) is 0 Å². The molecule has 1 fully saturated rings. The number of benzene rings is 1. The Morgan fingerprint density at radius 1 is 1.36 bits per heavy atom. The summed E-state index contributed by atoms with van der Waals surface area (Å²) >= 11 is 3.41. The Hall–Kier alpha value is -0.800. The molecule has 0 bridgehead atoms. The van der Waals surface area contributed by atoms with Crippen LogP contribution in [0.3, 0.4) is 0 Å². The van der Waals surface area contributed by atoms with Crippen LogP contribution in [0.2, 0.25) is 0 Å². The molecular weight excluding hydrogens is 242 g/mol. The first-order valence-corrected chi connectivity index (χ1v) is 5.34. The van der Waals surface area contributed by atoms with Crippen molar-refractivity contribution in [3.05, 3.63) is 46.6 Å². The van der Waals surface area contributed by atoms with E-state index in [4.69, 9.17) is 4.74 Å². The van der Waals surface area contributed by atoms with Gasteiger partial charge in [0.2, 0.25) is 0 Å². The second kappa shape index (κ2) is 4.15. The van der Waals surface area contributed by atoms with E-state index in [1.165, 1.54) is 5.56 Å². The number of halogens is 1. The van der Waals surface area contributed by atoms with Crippen LogP contribution in [0.25, 0.3) is 0 Å². The van der Waals surface area contributed by atoms with Crippen molar-refractivity contribution in [1.29, 1.82) is 0 Å². The summed E-state index contributed by atoms with van der Waals surface area (Å²) in [6.45, 7) is 5.22. The molecule has 1 unspecified atom stereocenters. The highest BCUT2D eigenvalue weighted by Gasteiger charge is 2.16. The number of nitrogens with one attached hydrogen (secondary N) is 1. The van der Waals surface area contributed by atoms with Crippen molar-refractivity contribution in [2.75, 3.05) is 13.2 Å². The smallest absolute Gasteiger partial charge is 0.100 e. The van der Waals surface area contributed by atoms with Gasteiger partial charge >= 0.3 is 0 Å². The maximum atomic E-state index is 5.64. The first-order chi connectivity index (χ1) is 6.75. The van der Waals surface area contributed by atoms with Crippen molar-refractivity contribution in [2.45, 2.75) is 6.10 Å². The number of rotatable bonds is 1. The van der Waals surface area contributed by atoms with E-state index in [1.54, 1.807) is 0 Å². The number of hydrogen-bond donors (Lipinski definition) is 1. The summed E-state index contributed by atoms with van der Waals surface area (Å²) in [4.78, 5) is 0. The van der Waals surface area contributed by atoms with Crippen LogP contribution in [-0.4, -0.2) is 13.2 Å². The molecule has 0 aliphatic carbocycles. The molecule has 1 aliphatic heterocycles. The topological polar surface area (TPSA) is 21.3 Å². The first-order valence-electron chi connectivity index (χ1n) is 4.54. The molecule has 1 N–H and O–H groups in total. The number of hydrogen-bond acceptors (Lipinski definition) is 2. The van der Waals surface area contributed by atoms with Crippen molar-refractivity contribution >= 4 is 15.9 Å². The van der Waals surface area contributed by atoms with Gasteiger partial charge in [0.25, 0.3) is 0 Å². The molecule has 0 amide bonds. The van der Waals surface area contributed by atoms with Gasteiger partial charge in [-0.25, -0.2) is 0 Å². The zero-order chi connectivity index (χ0) is 9.97. The first kappa shape index (κ1) is 9.74. The molecule has 1 aromatic rings. The fraction of sp³-hybridized carbons (Fsp3) is 0.273. The Morgan fingerprint density at radius 3 is 2.64 bits per heavy atom. The third-order valence-corrected chi connectivity index (χ3v) is 2.77. The Bertz CT molecular complexity index is 324. The fourth-order valence-electron chi connectivity index (χ4n) is 1.44. The summed E-state index contributed by atoms with van der Waals surface area (Å²) in [5.41, 5.74) is 2.16. The van der Waals surface area contributed by atoms with Crippen LogP contribution in [0.5, 0.6) is 0 Å². The summed E-state index contributed by atoms with van der Waals surface area (Å²) in [6, 6.07) is 8.21. The van der Waals surface area contributed by atoms with Crippen LogP contribution in [-0.2, 0) is 4.74 Å². The lowest BCUT2D eigenvalue weighted by Crippen LogP contribution is -2.31. The second-order valence-corrected chi connectivity index (χ2v) is 4.25. The third kappa shape index (κ3) is 2.16. The molecule has 1 atom stereocenters. The summed E-state index contributed by atoms with van der Waals surface area (Å²) < 4.78 is 6.73. The van der Waals surface area contributed by atoms with Gasteiger partial charge < -0.3 is 10.1 Å². The van der Waals surface area contributed by atoms with E-state index >= 15 is 0 Å². The zero-order valence-corrected chi connectivity index (χ0v) is 9.38. The molecule has 1 saturated heterocycles. The van der Waals surface area contributed by atoms with Gasteiger partial charge in [-0.05, 0) is 17.7 Å². The largest absolute Gasteiger partial charge is 0.384 e. The van der Waals surface area contributed by atoms with E-state index in [0.29, 0.717) is 6.61 Å². The van der Waals surface area contributed by atoms with E-state index in [0.717, 1.165) is 16.7 Å². The standard InChI is InChI=1S/C11H12BrNO/c1-8-7-14-11(6-13-8)9-2-4-10(12)5-3-9/h2-5,11,13H,1,6-7H2. The molecule has 1 aromatic carbocycles. The van der Waals surface area contributed by atoms with Crippen molar-refractivity contribution in [3.63, 3.8) is 0 Å². The van der Waals surface area contributed by atoms with E-state index < -0.39 is 0 Å². The molecule has 0 radical (unpaired) electrons. The maximum Gasteiger partial charge on any atom is 0.100 e. The minimum absolute atomic E-state index is 0.147. The highest BCUT2D eigenvalue weighted by Crippen LogP contribution is 2.22. The molecule has 3 heteroatoms. The Balaban J connectivity index is 2.08. The van der Waals surface area contributed by atoms with E-state index in [2.05, 4.69) is 40.0 Å².